The van der Waals surface area contributed by atoms with Crippen molar-refractivity contribution in [3.8, 4) is 0 Å². The minimum absolute atomic E-state index is 0.294. The van der Waals surface area contributed by atoms with Crippen LogP contribution < -0.4 is 10.6 Å². The lowest BCUT2D eigenvalue weighted by Gasteiger charge is -2.27. The molecule has 0 aliphatic carbocycles. The third kappa shape index (κ3) is 4.94. The standard InChI is InChI=1S/C11H18N4O4/c1-11(2,3)8(9(16)17)14-10(18)12-5-4-7-13-6-19-15-7/h6,8H,4-5H2,1-3H3,(H,16,17)(H2,12,14,18)/t8-/m1/s1. The van der Waals surface area contributed by atoms with Crippen LogP contribution in [0.1, 0.15) is 26.6 Å². The first-order valence-electron chi connectivity index (χ1n) is 5.83. The van der Waals surface area contributed by atoms with Crippen molar-refractivity contribution in [3.63, 3.8) is 0 Å². The Bertz CT molecular complexity index is 424. The van der Waals surface area contributed by atoms with Gasteiger partial charge in [0.2, 0.25) is 6.39 Å². The molecule has 0 fully saturated rings. The number of nitrogens with zero attached hydrogens (tertiary/aromatic N) is 2. The van der Waals surface area contributed by atoms with Crippen molar-refractivity contribution in [1.29, 1.82) is 0 Å². The van der Waals surface area contributed by atoms with Crippen molar-refractivity contribution in [1.82, 2.24) is 20.8 Å². The van der Waals surface area contributed by atoms with Gasteiger partial charge in [0.1, 0.15) is 6.04 Å². The monoisotopic (exact) mass is 270 g/mol. The van der Waals surface area contributed by atoms with Gasteiger partial charge >= 0.3 is 12.0 Å². The van der Waals surface area contributed by atoms with Gasteiger partial charge in [-0.3, -0.25) is 0 Å². The number of carboxylic acids is 1. The summed E-state index contributed by atoms with van der Waals surface area (Å²) in [5, 5.41) is 17.6. The number of rotatable bonds is 5. The van der Waals surface area contributed by atoms with Gasteiger partial charge in [0.05, 0.1) is 0 Å². The Morgan fingerprint density at radius 1 is 1.47 bits per heavy atom. The maximum absolute atomic E-state index is 11.6. The number of amides is 2. The molecule has 0 aliphatic rings. The van der Waals surface area contributed by atoms with Gasteiger partial charge in [-0.05, 0) is 5.41 Å². The summed E-state index contributed by atoms with van der Waals surface area (Å²) in [6.45, 7) is 5.52. The molecule has 1 atom stereocenters. The Hall–Kier alpha value is -2.12. The van der Waals surface area contributed by atoms with Crippen LogP contribution in [0.3, 0.4) is 0 Å². The summed E-state index contributed by atoms with van der Waals surface area (Å²) < 4.78 is 4.55. The topological polar surface area (TPSA) is 117 Å². The third-order valence-corrected chi connectivity index (χ3v) is 2.43. The Morgan fingerprint density at radius 2 is 2.16 bits per heavy atom. The van der Waals surface area contributed by atoms with E-state index in [1.165, 1.54) is 6.39 Å². The van der Waals surface area contributed by atoms with Crippen LogP contribution in [-0.2, 0) is 11.2 Å². The van der Waals surface area contributed by atoms with E-state index >= 15 is 0 Å². The van der Waals surface area contributed by atoms with E-state index in [0.29, 0.717) is 18.8 Å². The van der Waals surface area contributed by atoms with E-state index < -0.39 is 23.5 Å². The van der Waals surface area contributed by atoms with Gasteiger partial charge in [-0.2, -0.15) is 4.98 Å². The molecule has 0 spiro atoms. The number of carbonyl (C=O) groups excluding carboxylic acids is 1. The lowest BCUT2D eigenvalue weighted by molar-refractivity contribution is -0.141. The minimum Gasteiger partial charge on any atom is -0.480 e. The van der Waals surface area contributed by atoms with Gasteiger partial charge in [-0.25, -0.2) is 9.59 Å². The number of hydrogen-bond acceptors (Lipinski definition) is 5. The number of hydrogen-bond donors (Lipinski definition) is 3. The van der Waals surface area contributed by atoms with E-state index in [0.717, 1.165) is 0 Å². The highest BCUT2D eigenvalue weighted by Crippen LogP contribution is 2.19. The number of nitrogens with one attached hydrogen (secondary N) is 2. The molecule has 8 nitrogen and oxygen atoms in total. The Balaban J connectivity index is 2.39. The van der Waals surface area contributed by atoms with Crippen LogP contribution in [0.2, 0.25) is 0 Å². The smallest absolute Gasteiger partial charge is 0.326 e. The van der Waals surface area contributed by atoms with Crippen molar-refractivity contribution in [2.45, 2.75) is 33.2 Å². The minimum atomic E-state index is -1.07. The zero-order valence-corrected chi connectivity index (χ0v) is 11.1. The maximum Gasteiger partial charge on any atom is 0.326 e. The molecule has 8 heteroatoms. The average Bonchev–Trinajstić information content (AvgIpc) is 2.77. The second-order valence-electron chi connectivity index (χ2n) is 5.13. The van der Waals surface area contributed by atoms with Crippen LogP contribution in [-0.4, -0.2) is 39.8 Å². The average molecular weight is 270 g/mol. The SMILES string of the molecule is CC(C)(C)[C@H](NC(=O)NCCc1ncon1)C(=O)O. The fraction of sp³-hybridized carbons (Fsp3) is 0.636. The van der Waals surface area contributed by atoms with Crippen molar-refractivity contribution >= 4 is 12.0 Å². The Labute approximate surface area is 110 Å². The molecule has 1 heterocycles. The fourth-order valence-corrected chi connectivity index (χ4v) is 1.42. The summed E-state index contributed by atoms with van der Waals surface area (Å²) in [5.74, 6) is -0.591. The van der Waals surface area contributed by atoms with E-state index in [1.807, 2.05) is 0 Å². The third-order valence-electron chi connectivity index (χ3n) is 2.43. The van der Waals surface area contributed by atoms with Gasteiger partial charge in [0.25, 0.3) is 0 Å². The van der Waals surface area contributed by atoms with Gasteiger partial charge in [-0.15, -0.1) is 0 Å². The first-order chi connectivity index (χ1) is 8.80. The summed E-state index contributed by atoms with van der Waals surface area (Å²) >= 11 is 0. The molecule has 1 rings (SSSR count). The quantitative estimate of drug-likeness (QED) is 0.713. The van der Waals surface area contributed by atoms with Crippen molar-refractivity contribution in [2.75, 3.05) is 6.54 Å². The second-order valence-corrected chi connectivity index (χ2v) is 5.13. The molecule has 0 bridgehead atoms. The lowest BCUT2D eigenvalue weighted by Crippen LogP contribution is -2.52. The summed E-state index contributed by atoms with van der Waals surface area (Å²) in [4.78, 5) is 26.4. The Morgan fingerprint density at radius 3 is 2.63 bits per heavy atom. The number of carboxylic acid groups (broad SMARTS) is 1. The maximum atomic E-state index is 11.6. The van der Waals surface area contributed by atoms with E-state index in [9.17, 15) is 9.59 Å². The van der Waals surface area contributed by atoms with Crippen molar-refractivity contribution in [2.24, 2.45) is 5.41 Å². The normalized spacial score (nSPS) is 12.8. The van der Waals surface area contributed by atoms with E-state index in [-0.39, 0.29) is 0 Å². The molecule has 0 aliphatic heterocycles. The first kappa shape index (κ1) is 14.9. The molecule has 0 aromatic carbocycles. The number of urea groups is 1. The molecule has 0 unspecified atom stereocenters. The summed E-state index contributed by atoms with van der Waals surface area (Å²) in [7, 11) is 0. The van der Waals surface area contributed by atoms with Crippen LogP contribution in [0.15, 0.2) is 10.9 Å². The predicted molar refractivity (Wildman–Crippen MR) is 65.4 cm³/mol. The zero-order valence-electron chi connectivity index (χ0n) is 11.1. The Kier molecular flexibility index (Phi) is 4.85. The molecule has 1 aromatic rings. The van der Waals surface area contributed by atoms with Crippen molar-refractivity contribution in [3.05, 3.63) is 12.2 Å². The predicted octanol–water partition coefficient (Wildman–Crippen LogP) is 0.411. The van der Waals surface area contributed by atoms with E-state index in [1.54, 1.807) is 20.8 Å². The van der Waals surface area contributed by atoms with E-state index in [2.05, 4.69) is 25.3 Å². The number of aromatic nitrogens is 2. The van der Waals surface area contributed by atoms with Crippen LogP contribution in [0, 0.1) is 5.41 Å². The number of carbonyl (C=O) groups is 2. The van der Waals surface area contributed by atoms with Crippen molar-refractivity contribution < 1.29 is 19.2 Å². The van der Waals surface area contributed by atoms with Gasteiger partial charge in [0, 0.05) is 13.0 Å². The summed E-state index contributed by atoms with van der Waals surface area (Å²) in [6.07, 6.45) is 1.62. The highest BCUT2D eigenvalue weighted by atomic mass is 16.5. The summed E-state index contributed by atoms with van der Waals surface area (Å²) in [6, 6.07) is -1.50. The van der Waals surface area contributed by atoms with Crippen LogP contribution >= 0.6 is 0 Å². The fourth-order valence-electron chi connectivity index (χ4n) is 1.42. The first-order valence-corrected chi connectivity index (χ1v) is 5.83. The lowest BCUT2D eigenvalue weighted by atomic mass is 9.87. The van der Waals surface area contributed by atoms with Crippen LogP contribution in [0.25, 0.3) is 0 Å². The highest BCUT2D eigenvalue weighted by Gasteiger charge is 2.32. The van der Waals surface area contributed by atoms with Crippen LogP contribution in [0.4, 0.5) is 4.79 Å². The molecular formula is C11H18N4O4. The molecule has 0 saturated heterocycles. The van der Waals surface area contributed by atoms with Gasteiger partial charge in [0.15, 0.2) is 5.82 Å². The molecule has 1 aromatic heterocycles. The molecule has 0 radical (unpaired) electrons. The molecule has 3 N–H and O–H groups in total. The van der Waals surface area contributed by atoms with E-state index in [4.69, 9.17) is 5.11 Å². The molecular weight excluding hydrogens is 252 g/mol. The zero-order chi connectivity index (χ0) is 14.5. The highest BCUT2D eigenvalue weighted by molar-refractivity contribution is 5.83. The van der Waals surface area contributed by atoms with Gasteiger partial charge < -0.3 is 20.3 Å². The largest absolute Gasteiger partial charge is 0.480 e. The summed E-state index contributed by atoms with van der Waals surface area (Å²) in [5.41, 5.74) is -0.573. The van der Waals surface area contributed by atoms with Gasteiger partial charge in [-0.1, -0.05) is 25.9 Å². The molecule has 106 valence electrons. The molecule has 2 amide bonds. The molecule has 0 saturated carbocycles. The molecule has 19 heavy (non-hydrogen) atoms. The van der Waals surface area contributed by atoms with Crippen LogP contribution in [0.5, 0.6) is 0 Å². The number of aliphatic carboxylic acids is 1. The second kappa shape index (κ2) is 6.17.